The largest absolute Gasteiger partial charge is 0.326 e. The Balaban J connectivity index is 1.67. The highest BCUT2D eigenvalue weighted by Crippen LogP contribution is 2.28. The molecule has 2 nitrogen and oxygen atoms in total. The molecular weight excluding hydrogens is 263 g/mol. The van der Waals surface area contributed by atoms with Crippen LogP contribution in [0.15, 0.2) is 48.5 Å². The molecule has 1 aliphatic rings. The Morgan fingerprint density at radius 2 is 1.95 bits per heavy atom. The summed E-state index contributed by atoms with van der Waals surface area (Å²) in [7, 11) is 0. The van der Waals surface area contributed by atoms with Crippen molar-refractivity contribution in [1.29, 1.82) is 0 Å². The highest BCUT2D eigenvalue weighted by atomic mass is 19.1. The summed E-state index contributed by atoms with van der Waals surface area (Å²) in [6.07, 6.45) is 1.14. The zero-order chi connectivity index (χ0) is 14.7. The van der Waals surface area contributed by atoms with Gasteiger partial charge in [0, 0.05) is 25.2 Å². The van der Waals surface area contributed by atoms with Crippen LogP contribution in [0.4, 0.5) is 4.39 Å². The van der Waals surface area contributed by atoms with E-state index >= 15 is 0 Å². The smallest absolute Gasteiger partial charge is 0.127 e. The fourth-order valence-electron chi connectivity index (χ4n) is 3.09. The number of nitrogens with zero attached hydrogens (tertiary/aromatic N) is 1. The fourth-order valence-corrected chi connectivity index (χ4v) is 3.09. The Bertz CT molecular complexity index is 597. The minimum Gasteiger partial charge on any atom is -0.326 e. The number of rotatable bonds is 4. The molecule has 1 saturated heterocycles. The van der Waals surface area contributed by atoms with Crippen LogP contribution >= 0.6 is 0 Å². The molecule has 1 atom stereocenters. The van der Waals surface area contributed by atoms with Crippen molar-refractivity contribution >= 4 is 0 Å². The Kier molecular flexibility index (Phi) is 4.32. The van der Waals surface area contributed by atoms with E-state index in [-0.39, 0.29) is 5.82 Å². The molecule has 1 fully saturated rings. The van der Waals surface area contributed by atoms with Crippen LogP contribution in [-0.4, -0.2) is 18.0 Å². The molecule has 0 bridgehead atoms. The molecule has 0 spiro atoms. The zero-order valence-electron chi connectivity index (χ0n) is 12.1. The molecule has 3 heteroatoms. The van der Waals surface area contributed by atoms with Crippen LogP contribution < -0.4 is 5.73 Å². The predicted molar refractivity (Wildman–Crippen MR) is 83.4 cm³/mol. The molecule has 0 aliphatic carbocycles. The summed E-state index contributed by atoms with van der Waals surface area (Å²) in [6, 6.07) is 15.8. The fraction of sp³-hybridized carbons (Fsp3) is 0.333. The molecule has 21 heavy (non-hydrogen) atoms. The summed E-state index contributed by atoms with van der Waals surface area (Å²) >= 11 is 0. The second-order valence-corrected chi connectivity index (χ2v) is 5.76. The third-order valence-corrected chi connectivity index (χ3v) is 4.28. The van der Waals surface area contributed by atoms with Gasteiger partial charge in [-0.25, -0.2) is 4.39 Å². The molecule has 0 aromatic heterocycles. The maximum atomic E-state index is 13.9. The summed E-state index contributed by atoms with van der Waals surface area (Å²) in [5, 5.41) is 0. The van der Waals surface area contributed by atoms with Gasteiger partial charge in [-0.05, 0) is 36.1 Å². The minimum atomic E-state index is -0.129. The van der Waals surface area contributed by atoms with Crippen molar-refractivity contribution < 1.29 is 4.39 Å². The third kappa shape index (κ3) is 3.31. The van der Waals surface area contributed by atoms with E-state index in [1.807, 2.05) is 12.1 Å². The van der Waals surface area contributed by atoms with E-state index in [2.05, 4.69) is 29.2 Å². The van der Waals surface area contributed by atoms with Crippen LogP contribution in [-0.2, 0) is 13.1 Å². The molecule has 2 N–H and O–H groups in total. The van der Waals surface area contributed by atoms with Crippen LogP contribution in [0, 0.1) is 5.82 Å². The monoisotopic (exact) mass is 284 g/mol. The molecule has 1 heterocycles. The van der Waals surface area contributed by atoms with Crippen LogP contribution in [0.3, 0.4) is 0 Å². The number of benzene rings is 2. The van der Waals surface area contributed by atoms with Crippen molar-refractivity contribution in [1.82, 2.24) is 4.90 Å². The Hall–Kier alpha value is -1.71. The van der Waals surface area contributed by atoms with Gasteiger partial charge in [0.05, 0.1) is 0 Å². The Morgan fingerprint density at radius 1 is 1.14 bits per heavy atom. The van der Waals surface area contributed by atoms with E-state index < -0.39 is 0 Å². The first-order valence-corrected chi connectivity index (χ1v) is 7.51. The Labute approximate surface area is 125 Å². The summed E-state index contributed by atoms with van der Waals surface area (Å²) in [5.41, 5.74) is 8.77. The first kappa shape index (κ1) is 14.2. The third-order valence-electron chi connectivity index (χ3n) is 4.28. The van der Waals surface area contributed by atoms with E-state index in [0.29, 0.717) is 19.0 Å². The molecule has 110 valence electrons. The summed E-state index contributed by atoms with van der Waals surface area (Å²) < 4.78 is 13.9. The maximum absolute atomic E-state index is 13.9. The van der Waals surface area contributed by atoms with Gasteiger partial charge in [0.25, 0.3) is 0 Å². The molecule has 0 amide bonds. The number of hydrogen-bond donors (Lipinski definition) is 1. The number of hydrogen-bond acceptors (Lipinski definition) is 2. The molecule has 3 rings (SSSR count). The summed E-state index contributed by atoms with van der Waals surface area (Å²) in [4.78, 5) is 2.33. The average molecular weight is 284 g/mol. The standard InChI is InChI=1S/C18H21FN2/c19-18-7-6-14(11-20)10-17(18)13-21-9-8-16(12-21)15-4-2-1-3-5-15/h1-7,10,16H,8-9,11-13,20H2. The molecule has 1 aliphatic heterocycles. The second-order valence-electron chi connectivity index (χ2n) is 5.76. The first-order valence-electron chi connectivity index (χ1n) is 7.51. The first-order chi connectivity index (χ1) is 10.3. The van der Waals surface area contributed by atoms with Crippen LogP contribution in [0.1, 0.15) is 29.0 Å². The van der Waals surface area contributed by atoms with Gasteiger partial charge >= 0.3 is 0 Å². The van der Waals surface area contributed by atoms with Crippen LogP contribution in [0.5, 0.6) is 0 Å². The summed E-state index contributed by atoms with van der Waals surface area (Å²) in [5.74, 6) is 0.433. The second kappa shape index (κ2) is 6.37. The quantitative estimate of drug-likeness (QED) is 0.933. The molecule has 1 unspecified atom stereocenters. The molecule has 2 aromatic carbocycles. The van der Waals surface area contributed by atoms with Gasteiger partial charge in [-0.15, -0.1) is 0 Å². The zero-order valence-corrected chi connectivity index (χ0v) is 12.1. The van der Waals surface area contributed by atoms with Gasteiger partial charge in [-0.3, -0.25) is 4.90 Å². The van der Waals surface area contributed by atoms with Crippen molar-refractivity contribution in [3.05, 3.63) is 71.0 Å². The highest BCUT2D eigenvalue weighted by Gasteiger charge is 2.24. The lowest BCUT2D eigenvalue weighted by Crippen LogP contribution is -2.20. The van der Waals surface area contributed by atoms with E-state index in [4.69, 9.17) is 5.73 Å². The van der Waals surface area contributed by atoms with E-state index in [9.17, 15) is 4.39 Å². The maximum Gasteiger partial charge on any atom is 0.127 e. The normalized spacial score (nSPS) is 19.0. The molecular formula is C18H21FN2. The van der Waals surface area contributed by atoms with Crippen molar-refractivity contribution in [2.45, 2.75) is 25.4 Å². The van der Waals surface area contributed by atoms with Gasteiger partial charge in [0.1, 0.15) is 5.82 Å². The van der Waals surface area contributed by atoms with Gasteiger partial charge < -0.3 is 5.73 Å². The van der Waals surface area contributed by atoms with E-state index in [1.165, 1.54) is 11.6 Å². The van der Waals surface area contributed by atoms with Gasteiger partial charge in [-0.2, -0.15) is 0 Å². The predicted octanol–water partition coefficient (Wildman–Crippen LogP) is 3.27. The summed E-state index contributed by atoms with van der Waals surface area (Å²) in [6.45, 7) is 3.14. The number of halogens is 1. The average Bonchev–Trinajstić information content (AvgIpc) is 2.99. The molecule has 2 aromatic rings. The number of likely N-dealkylation sites (tertiary alicyclic amines) is 1. The lowest BCUT2D eigenvalue weighted by molar-refractivity contribution is 0.321. The Morgan fingerprint density at radius 3 is 2.71 bits per heavy atom. The SMILES string of the molecule is NCc1ccc(F)c(CN2CCC(c3ccccc3)C2)c1. The lowest BCUT2D eigenvalue weighted by atomic mass is 9.99. The topological polar surface area (TPSA) is 29.3 Å². The van der Waals surface area contributed by atoms with Gasteiger partial charge in [0.2, 0.25) is 0 Å². The van der Waals surface area contributed by atoms with Gasteiger partial charge in [-0.1, -0.05) is 42.5 Å². The highest BCUT2D eigenvalue weighted by molar-refractivity contribution is 5.26. The van der Waals surface area contributed by atoms with Crippen molar-refractivity contribution in [2.75, 3.05) is 13.1 Å². The van der Waals surface area contributed by atoms with Crippen LogP contribution in [0.2, 0.25) is 0 Å². The van der Waals surface area contributed by atoms with E-state index in [1.54, 1.807) is 6.07 Å². The lowest BCUT2D eigenvalue weighted by Gasteiger charge is -2.17. The van der Waals surface area contributed by atoms with Gasteiger partial charge in [0.15, 0.2) is 0 Å². The van der Waals surface area contributed by atoms with Crippen molar-refractivity contribution in [2.24, 2.45) is 5.73 Å². The molecule has 0 radical (unpaired) electrons. The van der Waals surface area contributed by atoms with Crippen molar-refractivity contribution in [3.8, 4) is 0 Å². The van der Waals surface area contributed by atoms with E-state index in [0.717, 1.165) is 30.6 Å². The van der Waals surface area contributed by atoms with Crippen molar-refractivity contribution in [3.63, 3.8) is 0 Å². The molecule has 0 saturated carbocycles. The van der Waals surface area contributed by atoms with Crippen LogP contribution in [0.25, 0.3) is 0 Å². The minimum absolute atomic E-state index is 0.129. The number of nitrogens with two attached hydrogens (primary N) is 1.